The van der Waals surface area contributed by atoms with Gasteiger partial charge in [0.1, 0.15) is 5.60 Å². The van der Waals surface area contributed by atoms with Gasteiger partial charge in [-0.15, -0.1) is 0 Å². The van der Waals surface area contributed by atoms with Gasteiger partial charge in [0.25, 0.3) is 0 Å². The largest absolute Gasteiger partial charge is 0.444 e. The van der Waals surface area contributed by atoms with Crippen LogP contribution in [0, 0.1) is 0 Å². The monoisotopic (exact) mass is 390 g/mol. The number of benzene rings is 1. The van der Waals surface area contributed by atoms with Crippen molar-refractivity contribution in [3.05, 3.63) is 33.3 Å². The zero-order valence-corrected chi connectivity index (χ0v) is 16.2. The first kappa shape index (κ1) is 19.3. The van der Waals surface area contributed by atoms with Gasteiger partial charge < -0.3 is 14.5 Å². The van der Waals surface area contributed by atoms with Gasteiger partial charge in [0.05, 0.1) is 0 Å². The summed E-state index contributed by atoms with van der Waals surface area (Å²) in [7, 11) is 3.75. The lowest BCUT2D eigenvalue weighted by molar-refractivity contribution is 0.0286. The molecule has 4 nitrogen and oxygen atoms in total. The molecule has 6 heteroatoms. The van der Waals surface area contributed by atoms with Crippen LogP contribution in [-0.2, 0) is 11.3 Å². The van der Waals surface area contributed by atoms with Crippen molar-refractivity contribution in [1.82, 2.24) is 9.80 Å². The minimum absolute atomic E-state index is 0.303. The summed E-state index contributed by atoms with van der Waals surface area (Å²) in [6, 6.07) is 5.86. The van der Waals surface area contributed by atoms with E-state index in [1.54, 1.807) is 11.9 Å². The Labute approximate surface area is 146 Å². The summed E-state index contributed by atoms with van der Waals surface area (Å²) in [5.41, 5.74) is 0.592. The molecule has 0 saturated heterocycles. The molecular formula is C16H24BrClN2O2. The van der Waals surface area contributed by atoms with Gasteiger partial charge in [-0.25, -0.2) is 4.79 Å². The summed E-state index contributed by atoms with van der Waals surface area (Å²) in [6.07, 6.45) is -0.303. The summed E-state index contributed by atoms with van der Waals surface area (Å²) < 4.78 is 6.29. The Balaban J connectivity index is 2.45. The maximum atomic E-state index is 11.9. The SMILES string of the molecule is CN(CCN(C)C(=O)OC(C)(C)C)Cc1ccc(Br)cc1Cl. The quantitative estimate of drug-likeness (QED) is 0.745. The van der Waals surface area contributed by atoms with Crippen LogP contribution in [0.4, 0.5) is 4.79 Å². The molecule has 0 aliphatic rings. The van der Waals surface area contributed by atoms with E-state index in [0.29, 0.717) is 6.54 Å². The van der Waals surface area contributed by atoms with E-state index in [-0.39, 0.29) is 6.09 Å². The van der Waals surface area contributed by atoms with Gasteiger partial charge >= 0.3 is 6.09 Å². The number of likely N-dealkylation sites (N-methyl/N-ethyl adjacent to an activating group) is 2. The third kappa shape index (κ3) is 6.99. The molecule has 22 heavy (non-hydrogen) atoms. The number of amides is 1. The van der Waals surface area contributed by atoms with Crippen LogP contribution < -0.4 is 0 Å². The summed E-state index contributed by atoms with van der Waals surface area (Å²) in [5.74, 6) is 0. The molecule has 0 fully saturated rings. The number of carbonyl (C=O) groups is 1. The molecule has 1 amide bonds. The van der Waals surface area contributed by atoms with E-state index in [4.69, 9.17) is 16.3 Å². The average molecular weight is 392 g/mol. The standard InChI is InChI=1S/C16H24BrClN2O2/c1-16(2,3)22-15(21)20(5)9-8-19(4)11-12-6-7-13(17)10-14(12)18/h6-7,10H,8-9,11H2,1-5H3. The van der Waals surface area contributed by atoms with E-state index in [9.17, 15) is 4.79 Å². The Morgan fingerprint density at radius 1 is 1.27 bits per heavy atom. The van der Waals surface area contributed by atoms with Gasteiger partial charge in [-0.1, -0.05) is 33.6 Å². The van der Waals surface area contributed by atoms with Crippen molar-refractivity contribution in [3.8, 4) is 0 Å². The number of carbonyl (C=O) groups excluding carboxylic acids is 1. The van der Waals surface area contributed by atoms with Crippen LogP contribution in [0.1, 0.15) is 26.3 Å². The third-order valence-corrected chi connectivity index (χ3v) is 3.82. The summed E-state index contributed by atoms with van der Waals surface area (Å²) in [4.78, 5) is 15.6. The van der Waals surface area contributed by atoms with Gasteiger partial charge in [0, 0.05) is 36.2 Å². The lowest BCUT2D eigenvalue weighted by atomic mass is 10.2. The first-order chi connectivity index (χ1) is 10.1. The fourth-order valence-electron chi connectivity index (χ4n) is 1.77. The van der Waals surface area contributed by atoms with Crippen LogP contribution >= 0.6 is 27.5 Å². The van der Waals surface area contributed by atoms with Crippen molar-refractivity contribution >= 4 is 33.6 Å². The molecule has 0 bridgehead atoms. The van der Waals surface area contributed by atoms with Crippen molar-refractivity contribution in [2.75, 3.05) is 27.2 Å². The van der Waals surface area contributed by atoms with Gasteiger partial charge in [-0.2, -0.15) is 0 Å². The number of rotatable bonds is 5. The highest BCUT2D eigenvalue weighted by Crippen LogP contribution is 2.22. The summed E-state index contributed by atoms with van der Waals surface area (Å²) in [5, 5.41) is 0.738. The van der Waals surface area contributed by atoms with Crippen LogP contribution in [0.3, 0.4) is 0 Å². The number of hydrogen-bond acceptors (Lipinski definition) is 3. The fraction of sp³-hybridized carbons (Fsp3) is 0.562. The molecule has 0 N–H and O–H groups in total. The Morgan fingerprint density at radius 2 is 1.91 bits per heavy atom. The topological polar surface area (TPSA) is 32.8 Å². The first-order valence-electron chi connectivity index (χ1n) is 7.15. The molecule has 0 unspecified atom stereocenters. The Kier molecular flexibility index (Phi) is 7.16. The number of nitrogens with zero attached hydrogens (tertiary/aromatic N) is 2. The molecule has 0 aliphatic carbocycles. The summed E-state index contributed by atoms with van der Waals surface area (Å²) >= 11 is 9.61. The van der Waals surface area contributed by atoms with E-state index < -0.39 is 5.60 Å². The highest BCUT2D eigenvalue weighted by Gasteiger charge is 2.19. The van der Waals surface area contributed by atoms with Crippen molar-refractivity contribution in [3.63, 3.8) is 0 Å². The van der Waals surface area contributed by atoms with E-state index in [0.717, 1.165) is 28.1 Å². The lowest BCUT2D eigenvalue weighted by Crippen LogP contribution is -2.38. The van der Waals surface area contributed by atoms with E-state index >= 15 is 0 Å². The van der Waals surface area contributed by atoms with Crippen LogP contribution in [0.5, 0.6) is 0 Å². The van der Waals surface area contributed by atoms with Gasteiger partial charge in [-0.3, -0.25) is 0 Å². The second-order valence-corrected chi connectivity index (χ2v) is 7.70. The van der Waals surface area contributed by atoms with Gasteiger partial charge in [-0.05, 0) is 45.5 Å². The van der Waals surface area contributed by atoms with Crippen LogP contribution in [-0.4, -0.2) is 48.7 Å². The second kappa shape index (κ2) is 8.18. The zero-order valence-electron chi connectivity index (χ0n) is 13.8. The molecule has 1 rings (SSSR count). The molecule has 0 heterocycles. The summed E-state index contributed by atoms with van der Waals surface area (Å²) in [6.45, 7) is 7.65. The predicted molar refractivity (Wildman–Crippen MR) is 94.4 cm³/mol. The Hall–Kier alpha value is -0.780. The molecule has 1 aromatic rings. The molecule has 0 atom stereocenters. The highest BCUT2D eigenvalue weighted by atomic mass is 79.9. The minimum atomic E-state index is -0.470. The molecule has 0 saturated carbocycles. The second-order valence-electron chi connectivity index (χ2n) is 6.38. The molecule has 0 radical (unpaired) electrons. The normalized spacial score (nSPS) is 11.6. The van der Waals surface area contributed by atoms with Crippen molar-refractivity contribution in [2.24, 2.45) is 0 Å². The molecule has 0 aliphatic heterocycles. The number of ether oxygens (including phenoxy) is 1. The third-order valence-electron chi connectivity index (χ3n) is 2.98. The molecule has 0 spiro atoms. The van der Waals surface area contributed by atoms with Crippen LogP contribution in [0.25, 0.3) is 0 Å². The van der Waals surface area contributed by atoms with Gasteiger partial charge in [0.15, 0.2) is 0 Å². The van der Waals surface area contributed by atoms with Crippen molar-refractivity contribution in [2.45, 2.75) is 32.9 Å². The maximum absolute atomic E-state index is 11.9. The molecular weight excluding hydrogens is 368 g/mol. The van der Waals surface area contributed by atoms with Crippen molar-refractivity contribution < 1.29 is 9.53 Å². The van der Waals surface area contributed by atoms with E-state index in [1.165, 1.54) is 0 Å². The number of halogens is 2. The average Bonchev–Trinajstić information content (AvgIpc) is 2.37. The Bertz CT molecular complexity index is 517. The van der Waals surface area contributed by atoms with E-state index in [1.807, 2.05) is 46.0 Å². The van der Waals surface area contributed by atoms with Crippen LogP contribution in [0.2, 0.25) is 5.02 Å². The van der Waals surface area contributed by atoms with Gasteiger partial charge in [0.2, 0.25) is 0 Å². The first-order valence-corrected chi connectivity index (χ1v) is 8.32. The molecule has 0 aromatic heterocycles. The molecule has 1 aromatic carbocycles. The van der Waals surface area contributed by atoms with Crippen LogP contribution in [0.15, 0.2) is 22.7 Å². The van der Waals surface area contributed by atoms with Crippen molar-refractivity contribution in [1.29, 1.82) is 0 Å². The highest BCUT2D eigenvalue weighted by molar-refractivity contribution is 9.10. The molecule has 124 valence electrons. The number of hydrogen-bond donors (Lipinski definition) is 0. The lowest BCUT2D eigenvalue weighted by Gasteiger charge is -2.26. The smallest absolute Gasteiger partial charge is 0.410 e. The zero-order chi connectivity index (χ0) is 16.9. The Morgan fingerprint density at radius 3 is 2.45 bits per heavy atom. The van der Waals surface area contributed by atoms with E-state index in [2.05, 4.69) is 20.8 Å². The minimum Gasteiger partial charge on any atom is -0.444 e. The fourth-order valence-corrected chi connectivity index (χ4v) is 2.50. The maximum Gasteiger partial charge on any atom is 0.410 e. The predicted octanol–water partition coefficient (Wildman–Crippen LogP) is 4.40.